The SMILES string of the molecule is NC(=O)CN(c1nccc2ncc(C(F)(F)F)cc12)C1CN(C2CCC(O)(c3cncs3)CC2)C1. The van der Waals surface area contributed by atoms with Crippen molar-refractivity contribution in [3.8, 4) is 0 Å². The van der Waals surface area contributed by atoms with E-state index >= 15 is 0 Å². The Labute approximate surface area is 203 Å². The highest BCUT2D eigenvalue weighted by atomic mass is 32.1. The molecule has 0 aromatic carbocycles. The number of primary amides is 1. The van der Waals surface area contributed by atoms with Gasteiger partial charge in [0, 0.05) is 43.1 Å². The molecule has 1 saturated heterocycles. The number of pyridine rings is 2. The molecule has 0 spiro atoms. The average molecular weight is 507 g/mol. The molecule has 5 rings (SSSR count). The summed E-state index contributed by atoms with van der Waals surface area (Å²) in [6.45, 7) is 1.10. The van der Waals surface area contributed by atoms with E-state index in [1.54, 1.807) is 22.7 Å². The molecule has 2 fully saturated rings. The summed E-state index contributed by atoms with van der Waals surface area (Å²) in [5.74, 6) is -0.317. The van der Waals surface area contributed by atoms with Crippen LogP contribution in [0, 0.1) is 0 Å². The third-order valence-corrected chi connectivity index (χ3v) is 8.00. The minimum Gasteiger partial charge on any atom is -0.384 e. The summed E-state index contributed by atoms with van der Waals surface area (Å²) in [7, 11) is 0. The van der Waals surface area contributed by atoms with Gasteiger partial charge in [-0.2, -0.15) is 13.2 Å². The number of anilines is 1. The van der Waals surface area contributed by atoms with Crippen LogP contribution in [-0.4, -0.2) is 62.6 Å². The number of carbonyl (C=O) groups excluding carboxylic acids is 1. The number of likely N-dealkylation sites (tertiary alicyclic amines) is 1. The zero-order valence-corrected chi connectivity index (χ0v) is 19.6. The van der Waals surface area contributed by atoms with Crippen molar-refractivity contribution in [2.75, 3.05) is 24.5 Å². The van der Waals surface area contributed by atoms with Gasteiger partial charge in [0.15, 0.2) is 0 Å². The first-order chi connectivity index (χ1) is 16.6. The van der Waals surface area contributed by atoms with Gasteiger partial charge in [0.1, 0.15) is 11.4 Å². The first kappa shape index (κ1) is 23.9. The monoisotopic (exact) mass is 506 g/mol. The van der Waals surface area contributed by atoms with Crippen LogP contribution in [0.2, 0.25) is 0 Å². The maximum absolute atomic E-state index is 13.3. The van der Waals surface area contributed by atoms with Gasteiger partial charge in [-0.3, -0.25) is 19.7 Å². The van der Waals surface area contributed by atoms with E-state index in [-0.39, 0.29) is 29.8 Å². The minimum atomic E-state index is -4.54. The summed E-state index contributed by atoms with van der Waals surface area (Å²) < 4.78 is 40.0. The van der Waals surface area contributed by atoms with Gasteiger partial charge < -0.3 is 15.7 Å². The Balaban J connectivity index is 1.32. The number of aliphatic hydroxyl groups is 1. The minimum absolute atomic E-state index is 0.127. The molecule has 3 aromatic rings. The molecule has 3 N–H and O–H groups in total. The average Bonchev–Trinajstić information content (AvgIpc) is 3.33. The van der Waals surface area contributed by atoms with E-state index in [1.165, 1.54) is 17.5 Å². The van der Waals surface area contributed by atoms with Crippen molar-refractivity contribution in [1.82, 2.24) is 19.9 Å². The number of nitrogens with zero attached hydrogens (tertiary/aromatic N) is 5. The van der Waals surface area contributed by atoms with Crippen molar-refractivity contribution in [3.05, 3.63) is 46.7 Å². The summed E-state index contributed by atoms with van der Waals surface area (Å²) in [6, 6.07) is 2.73. The number of alkyl halides is 3. The molecule has 186 valence electrons. The van der Waals surface area contributed by atoms with Crippen molar-refractivity contribution in [3.63, 3.8) is 0 Å². The van der Waals surface area contributed by atoms with Crippen LogP contribution in [-0.2, 0) is 16.6 Å². The molecule has 2 aliphatic rings. The predicted octanol–water partition coefficient (Wildman–Crippen LogP) is 2.91. The van der Waals surface area contributed by atoms with Gasteiger partial charge in [0.25, 0.3) is 0 Å². The van der Waals surface area contributed by atoms with Crippen molar-refractivity contribution < 1.29 is 23.1 Å². The van der Waals surface area contributed by atoms with Crippen LogP contribution in [0.4, 0.5) is 19.0 Å². The lowest BCUT2D eigenvalue weighted by Crippen LogP contribution is -2.64. The van der Waals surface area contributed by atoms with Crippen LogP contribution >= 0.6 is 11.3 Å². The lowest BCUT2D eigenvalue weighted by molar-refractivity contribution is -0.137. The van der Waals surface area contributed by atoms with Crippen LogP contribution in [0.15, 0.2) is 36.2 Å². The van der Waals surface area contributed by atoms with Crippen LogP contribution in [0.5, 0.6) is 0 Å². The molecule has 0 radical (unpaired) electrons. The fourth-order valence-corrected chi connectivity index (χ4v) is 5.86. The van der Waals surface area contributed by atoms with Crippen molar-refractivity contribution in [2.45, 2.75) is 49.5 Å². The van der Waals surface area contributed by atoms with E-state index in [2.05, 4.69) is 19.9 Å². The molecule has 12 heteroatoms. The lowest BCUT2D eigenvalue weighted by Gasteiger charge is -2.51. The Kier molecular flexibility index (Phi) is 6.14. The van der Waals surface area contributed by atoms with Crippen LogP contribution < -0.4 is 10.6 Å². The first-order valence-corrected chi connectivity index (χ1v) is 12.2. The number of hydrogen-bond acceptors (Lipinski definition) is 8. The zero-order chi connectivity index (χ0) is 24.8. The molecular formula is C23H25F3N6O2S. The second-order valence-corrected chi connectivity index (χ2v) is 10.1. The summed E-state index contributed by atoms with van der Waals surface area (Å²) in [5, 5.41) is 11.2. The molecule has 3 aromatic heterocycles. The highest BCUT2D eigenvalue weighted by Crippen LogP contribution is 2.41. The fraction of sp³-hybridized carbons (Fsp3) is 0.478. The van der Waals surface area contributed by atoms with Crippen molar-refractivity contribution >= 4 is 34.0 Å². The highest BCUT2D eigenvalue weighted by Gasteiger charge is 2.43. The van der Waals surface area contributed by atoms with Crippen molar-refractivity contribution in [1.29, 1.82) is 0 Å². The van der Waals surface area contributed by atoms with Gasteiger partial charge in [-0.1, -0.05) is 0 Å². The normalized spacial score (nSPS) is 23.8. The smallest absolute Gasteiger partial charge is 0.384 e. The number of halogens is 3. The van der Waals surface area contributed by atoms with E-state index in [1.807, 2.05) is 0 Å². The maximum atomic E-state index is 13.3. The topological polar surface area (TPSA) is 108 Å². The largest absolute Gasteiger partial charge is 0.417 e. The van der Waals surface area contributed by atoms with Gasteiger partial charge in [0.05, 0.1) is 34.1 Å². The molecule has 1 aliphatic heterocycles. The summed E-state index contributed by atoms with van der Waals surface area (Å²) in [6.07, 6.45) is 2.38. The molecule has 8 nitrogen and oxygen atoms in total. The van der Waals surface area contributed by atoms with Crippen LogP contribution in [0.25, 0.3) is 10.9 Å². The van der Waals surface area contributed by atoms with E-state index in [0.29, 0.717) is 31.4 Å². The van der Waals surface area contributed by atoms with E-state index in [9.17, 15) is 23.1 Å². The van der Waals surface area contributed by atoms with E-state index in [4.69, 9.17) is 5.73 Å². The van der Waals surface area contributed by atoms with Crippen LogP contribution in [0.3, 0.4) is 0 Å². The van der Waals surface area contributed by atoms with Gasteiger partial charge >= 0.3 is 6.18 Å². The molecule has 1 aliphatic carbocycles. The number of nitrogens with two attached hydrogens (primary N) is 1. The van der Waals surface area contributed by atoms with Crippen molar-refractivity contribution in [2.24, 2.45) is 5.73 Å². The number of thiazole rings is 1. The third-order valence-electron chi connectivity index (χ3n) is 7.04. The van der Waals surface area contributed by atoms with Crippen LogP contribution in [0.1, 0.15) is 36.1 Å². The van der Waals surface area contributed by atoms with E-state index < -0.39 is 23.2 Å². The Hall–Kier alpha value is -2.83. The number of aromatic nitrogens is 3. The summed E-state index contributed by atoms with van der Waals surface area (Å²) in [5.41, 5.74) is 5.87. The molecular weight excluding hydrogens is 481 g/mol. The number of carbonyl (C=O) groups is 1. The van der Waals surface area contributed by atoms with Gasteiger partial charge in [0.2, 0.25) is 5.91 Å². The Morgan fingerprint density at radius 1 is 1.26 bits per heavy atom. The molecule has 35 heavy (non-hydrogen) atoms. The second-order valence-electron chi connectivity index (χ2n) is 9.25. The van der Waals surface area contributed by atoms with Gasteiger partial charge in [-0.25, -0.2) is 4.98 Å². The zero-order valence-electron chi connectivity index (χ0n) is 18.8. The number of fused-ring (bicyclic) bond motifs is 1. The number of rotatable bonds is 6. The molecule has 0 unspecified atom stereocenters. The molecule has 1 amide bonds. The van der Waals surface area contributed by atoms with Gasteiger partial charge in [-0.05, 0) is 37.8 Å². The Morgan fingerprint density at radius 3 is 2.63 bits per heavy atom. The molecule has 0 atom stereocenters. The molecule has 1 saturated carbocycles. The summed E-state index contributed by atoms with van der Waals surface area (Å²) in [4.78, 5) is 29.1. The Morgan fingerprint density at radius 2 is 2.00 bits per heavy atom. The second kappa shape index (κ2) is 8.99. The quantitative estimate of drug-likeness (QED) is 0.529. The maximum Gasteiger partial charge on any atom is 0.417 e. The highest BCUT2D eigenvalue weighted by molar-refractivity contribution is 7.09. The lowest BCUT2D eigenvalue weighted by atomic mass is 9.80. The first-order valence-electron chi connectivity index (χ1n) is 11.4. The number of hydrogen-bond donors (Lipinski definition) is 2. The molecule has 4 heterocycles. The predicted molar refractivity (Wildman–Crippen MR) is 125 cm³/mol. The third kappa shape index (κ3) is 4.69. The Bertz CT molecular complexity index is 1210. The fourth-order valence-electron chi connectivity index (χ4n) is 5.08. The standard InChI is InChI=1S/C23H25F3N6O2S/c24-23(25,26)14-7-17-18(30-8-14)3-6-29-21(17)32(12-20(27)33)16-10-31(11-16)15-1-4-22(34,5-2-15)19-9-28-13-35-19/h3,6-9,13,15-16,34H,1-2,4-5,10-12H2,(H2,27,33). The molecule has 0 bridgehead atoms. The number of amides is 1. The summed E-state index contributed by atoms with van der Waals surface area (Å²) >= 11 is 1.46. The van der Waals surface area contributed by atoms with E-state index in [0.717, 1.165) is 30.0 Å². The van der Waals surface area contributed by atoms with Gasteiger partial charge in [-0.15, -0.1) is 11.3 Å².